The Labute approximate surface area is 419 Å². The van der Waals surface area contributed by atoms with Gasteiger partial charge in [-0.05, 0) is 88.0 Å². The summed E-state index contributed by atoms with van der Waals surface area (Å²) in [4.78, 5) is 86.7. The number of hydrogen-bond donors (Lipinski definition) is 3. The van der Waals surface area contributed by atoms with Gasteiger partial charge in [-0.1, -0.05) is 88.5 Å². The number of aliphatic hydroxyl groups is 3. The first-order chi connectivity index (χ1) is 32.1. The lowest BCUT2D eigenvalue weighted by molar-refractivity contribution is -0.156. The summed E-state index contributed by atoms with van der Waals surface area (Å²) in [7, 11) is 0. The molecule has 0 aliphatic carbocycles. The van der Waals surface area contributed by atoms with Crippen LogP contribution in [0.1, 0.15) is 175 Å². The third-order valence-corrected chi connectivity index (χ3v) is 16.4. The summed E-state index contributed by atoms with van der Waals surface area (Å²) in [5, 5.41) is 38.0. The summed E-state index contributed by atoms with van der Waals surface area (Å²) in [6, 6.07) is 0. The molecule has 0 radical (unpaired) electrons. The zero-order chi connectivity index (χ0) is 52.1. The number of ketones is 4. The monoisotopic (exact) mass is 999 g/mol. The van der Waals surface area contributed by atoms with Gasteiger partial charge in [0.2, 0.25) is 0 Å². The molecule has 3 N–H and O–H groups in total. The SMILES string of the molecule is C/C(=C\c1csc(C)n1)[C@@H]1CC(=O)C(C)CCC[C@H](C)[C@H](C)[C@@H](C)C(=O)C(C)(C)[C@@H](O)CC(=O)O1.C/C(=C\c1csc(C)n1)[C@@H]1CC(=O)CCCC[C@H](C)[C@H](O)[C@@H](C)C(=O)C(C)(C)[C@@H](O)CC(=O)O1. The second-order valence-electron chi connectivity index (χ2n) is 21.3. The summed E-state index contributed by atoms with van der Waals surface area (Å²) < 4.78 is 11.4. The smallest absolute Gasteiger partial charge is 0.309 e. The van der Waals surface area contributed by atoms with Crippen LogP contribution in [0.15, 0.2) is 21.9 Å². The van der Waals surface area contributed by atoms with E-state index in [1.54, 1.807) is 41.5 Å². The Morgan fingerprint density at radius 2 is 1.07 bits per heavy atom. The van der Waals surface area contributed by atoms with Crippen LogP contribution < -0.4 is 0 Å². The molecule has 2 fully saturated rings. The van der Waals surface area contributed by atoms with Crippen molar-refractivity contribution in [1.29, 1.82) is 0 Å². The average molecular weight is 999 g/mol. The molecule has 2 aliphatic heterocycles. The lowest BCUT2D eigenvalue weighted by Crippen LogP contribution is -2.45. The van der Waals surface area contributed by atoms with Crippen molar-refractivity contribution in [2.75, 3.05) is 0 Å². The summed E-state index contributed by atoms with van der Waals surface area (Å²) in [5.74, 6) is -2.36. The summed E-state index contributed by atoms with van der Waals surface area (Å²) in [6.07, 6.45) is 3.29. The highest BCUT2D eigenvalue weighted by molar-refractivity contribution is 7.09. The molecule has 0 bridgehead atoms. The molecular formula is C54H82N2O11S2. The Balaban J connectivity index is 0.000000365. The van der Waals surface area contributed by atoms with E-state index in [2.05, 4.69) is 23.8 Å². The number of ether oxygens (including phenoxy) is 2. The van der Waals surface area contributed by atoms with Crippen LogP contribution in [0.25, 0.3) is 12.2 Å². The molecular weight excluding hydrogens is 917 g/mol. The maximum absolute atomic E-state index is 13.3. The molecule has 2 saturated heterocycles. The molecule has 0 spiro atoms. The third kappa shape index (κ3) is 17.5. The molecule has 4 rings (SSSR count). The minimum Gasteiger partial charge on any atom is -0.457 e. The number of nitrogens with zero attached hydrogens (tertiary/aromatic N) is 2. The fraction of sp³-hybridized carbons (Fsp3) is 0.704. The predicted molar refractivity (Wildman–Crippen MR) is 272 cm³/mol. The molecule has 2 aliphatic rings. The Hall–Kier alpha value is -3.76. The quantitative estimate of drug-likeness (QED) is 0.244. The number of aliphatic hydroxyl groups excluding tert-OH is 3. The van der Waals surface area contributed by atoms with Crippen molar-refractivity contribution in [3.05, 3.63) is 43.3 Å². The minimum absolute atomic E-state index is 0.00951. The van der Waals surface area contributed by atoms with Gasteiger partial charge in [-0.2, -0.15) is 0 Å². The highest BCUT2D eigenvalue weighted by atomic mass is 32.1. The third-order valence-electron chi connectivity index (χ3n) is 14.9. The van der Waals surface area contributed by atoms with Gasteiger partial charge in [0.05, 0.1) is 63.4 Å². The van der Waals surface area contributed by atoms with Gasteiger partial charge in [-0.25, -0.2) is 9.97 Å². The second kappa shape index (κ2) is 26.6. The van der Waals surface area contributed by atoms with Crippen LogP contribution in [0.4, 0.5) is 0 Å². The fourth-order valence-corrected chi connectivity index (χ4v) is 10.2. The predicted octanol–water partition coefficient (Wildman–Crippen LogP) is 10.1. The Morgan fingerprint density at radius 1 is 0.623 bits per heavy atom. The molecule has 11 atom stereocenters. The summed E-state index contributed by atoms with van der Waals surface area (Å²) in [6.45, 7) is 25.6. The van der Waals surface area contributed by atoms with E-state index < -0.39 is 59.2 Å². The second-order valence-corrected chi connectivity index (χ2v) is 23.4. The van der Waals surface area contributed by atoms with Crippen molar-refractivity contribution in [2.24, 2.45) is 46.3 Å². The van der Waals surface area contributed by atoms with Gasteiger partial charge in [0.15, 0.2) is 0 Å². The van der Waals surface area contributed by atoms with Crippen molar-refractivity contribution in [1.82, 2.24) is 9.97 Å². The molecule has 4 heterocycles. The highest BCUT2D eigenvalue weighted by Gasteiger charge is 2.44. The summed E-state index contributed by atoms with van der Waals surface area (Å²) in [5.41, 5.74) is 0.590. The zero-order valence-corrected chi connectivity index (χ0v) is 45.4. The first-order valence-electron chi connectivity index (χ1n) is 24.8. The number of carbonyl (C=O) groups is 6. The minimum atomic E-state index is -1.29. The number of rotatable bonds is 4. The normalized spacial score (nSPS) is 31.6. The number of thiazole rings is 2. The van der Waals surface area contributed by atoms with Gasteiger partial charge < -0.3 is 24.8 Å². The molecule has 69 heavy (non-hydrogen) atoms. The number of esters is 2. The highest BCUT2D eigenvalue weighted by Crippen LogP contribution is 2.36. The first-order valence-corrected chi connectivity index (χ1v) is 26.6. The van der Waals surface area contributed by atoms with Gasteiger partial charge in [0.25, 0.3) is 0 Å². The lowest BCUT2D eigenvalue weighted by atomic mass is 9.70. The fourth-order valence-electron chi connectivity index (χ4n) is 9.08. The van der Waals surface area contributed by atoms with Crippen LogP contribution in [0.3, 0.4) is 0 Å². The zero-order valence-electron chi connectivity index (χ0n) is 43.8. The van der Waals surface area contributed by atoms with E-state index in [-0.39, 0.29) is 72.5 Å². The number of aromatic nitrogens is 2. The standard InChI is InChI=1S/C28H43NO5S.C26H39NO6S/c1-16-10-9-11-17(2)23(30)13-24(18(3)12-22-15-35-21(6)29-22)34-26(32)14-25(31)28(7,8)27(33)20(5)19(16)4;1-15-9-7-8-10-20(28)12-21(16(2)11-19-14-34-18(4)27-19)33-23(30)13-22(29)26(5,6)25(32)17(3)24(15)31/h12,15-17,19-20,24-25,31H,9-11,13-14H2,1-8H3;11,14-15,17,21-22,24,29,31H,7-10,12-13H2,1-6H3/b18-12+;16-11+/t16-,17?,19-,20+,24-,25-;15-,17+,21-,22-,24-/m00/s1. The van der Waals surface area contributed by atoms with Crippen LogP contribution in [-0.2, 0) is 38.2 Å². The van der Waals surface area contributed by atoms with Crippen LogP contribution in [0.2, 0.25) is 0 Å². The first kappa shape index (κ1) is 59.5. The molecule has 15 heteroatoms. The number of Topliss-reactive ketones (excluding diaryl/α,β-unsaturated/α-hetero) is 4. The van der Waals surface area contributed by atoms with E-state index in [4.69, 9.17) is 9.47 Å². The van der Waals surface area contributed by atoms with Crippen molar-refractivity contribution in [3.63, 3.8) is 0 Å². The van der Waals surface area contributed by atoms with Crippen LogP contribution >= 0.6 is 22.7 Å². The van der Waals surface area contributed by atoms with Crippen molar-refractivity contribution in [2.45, 2.75) is 198 Å². The maximum atomic E-state index is 13.3. The van der Waals surface area contributed by atoms with E-state index in [0.717, 1.165) is 52.7 Å². The van der Waals surface area contributed by atoms with Crippen molar-refractivity contribution in [3.8, 4) is 0 Å². The van der Waals surface area contributed by atoms with Crippen molar-refractivity contribution >= 4 is 69.9 Å². The van der Waals surface area contributed by atoms with Crippen LogP contribution in [0.5, 0.6) is 0 Å². The van der Waals surface area contributed by atoms with Gasteiger partial charge in [0.1, 0.15) is 35.3 Å². The number of aryl methyl sites for hydroxylation is 2. The van der Waals surface area contributed by atoms with E-state index in [0.29, 0.717) is 30.8 Å². The van der Waals surface area contributed by atoms with E-state index in [9.17, 15) is 44.1 Å². The molecule has 2 aromatic heterocycles. The van der Waals surface area contributed by atoms with E-state index in [1.165, 1.54) is 22.7 Å². The van der Waals surface area contributed by atoms with E-state index >= 15 is 0 Å². The average Bonchev–Trinajstić information content (AvgIpc) is 3.90. The van der Waals surface area contributed by atoms with Crippen LogP contribution in [0, 0.1) is 60.2 Å². The Kier molecular flexibility index (Phi) is 23.0. The van der Waals surface area contributed by atoms with Gasteiger partial charge in [0, 0.05) is 47.8 Å². The van der Waals surface area contributed by atoms with Crippen LogP contribution in [-0.4, -0.2) is 90.9 Å². The van der Waals surface area contributed by atoms with E-state index in [1.807, 2.05) is 64.5 Å². The Morgan fingerprint density at radius 3 is 1.54 bits per heavy atom. The molecule has 0 amide bonds. The molecule has 2 aromatic rings. The largest absolute Gasteiger partial charge is 0.457 e. The van der Waals surface area contributed by atoms with Gasteiger partial charge in [-0.3, -0.25) is 28.8 Å². The topological polar surface area (TPSA) is 207 Å². The summed E-state index contributed by atoms with van der Waals surface area (Å²) >= 11 is 3.03. The van der Waals surface area contributed by atoms with Crippen molar-refractivity contribution < 1.29 is 53.6 Å². The molecule has 0 saturated carbocycles. The maximum Gasteiger partial charge on any atom is 0.309 e. The number of cyclic esters (lactones) is 2. The van der Waals surface area contributed by atoms with Gasteiger partial charge >= 0.3 is 11.9 Å². The molecule has 0 aromatic carbocycles. The molecule has 386 valence electrons. The molecule has 1 unspecified atom stereocenters. The number of carbonyl (C=O) groups excluding carboxylic acids is 6. The molecule has 13 nitrogen and oxygen atoms in total. The lowest BCUT2D eigenvalue weighted by Gasteiger charge is -2.35. The Bertz CT molecular complexity index is 2130. The van der Waals surface area contributed by atoms with Gasteiger partial charge in [-0.15, -0.1) is 22.7 Å². The number of hydrogen-bond acceptors (Lipinski definition) is 15.